The lowest BCUT2D eigenvalue weighted by molar-refractivity contribution is 0.0697. The third kappa shape index (κ3) is 2.19. The molecule has 0 atom stereocenters. The number of aromatic nitrogens is 1. The van der Waals surface area contributed by atoms with Gasteiger partial charge in [0.2, 0.25) is 0 Å². The van der Waals surface area contributed by atoms with Crippen LogP contribution in [0.5, 0.6) is 0 Å². The van der Waals surface area contributed by atoms with Gasteiger partial charge in [-0.3, -0.25) is 4.98 Å². The average Bonchev–Trinajstić information content (AvgIpc) is 2.47. The van der Waals surface area contributed by atoms with Gasteiger partial charge in [0.05, 0.1) is 11.2 Å². The smallest absolute Gasteiger partial charge is 0.339 e. The second kappa shape index (κ2) is 5.07. The first kappa shape index (κ1) is 12.8. The van der Waals surface area contributed by atoms with Crippen LogP contribution in [0.3, 0.4) is 0 Å². The van der Waals surface area contributed by atoms with Gasteiger partial charge in [-0.2, -0.15) is 0 Å². The topological polar surface area (TPSA) is 79.7 Å². The van der Waals surface area contributed by atoms with Gasteiger partial charge < -0.3 is 20.3 Å². The first-order valence-corrected chi connectivity index (χ1v) is 6.45. The summed E-state index contributed by atoms with van der Waals surface area (Å²) in [5.41, 5.74) is 1.61. The predicted molar refractivity (Wildman–Crippen MR) is 75.9 cm³/mol. The molecular formula is C14H14N3O3-. The number of aromatic carboxylic acids is 1. The first-order chi connectivity index (χ1) is 9.66. The Balaban J connectivity index is 2.15. The van der Waals surface area contributed by atoms with Gasteiger partial charge >= 0.3 is 5.97 Å². The molecule has 6 nitrogen and oxygen atoms in total. The van der Waals surface area contributed by atoms with Crippen LogP contribution in [-0.2, 0) is 0 Å². The Morgan fingerprint density at radius 3 is 2.60 bits per heavy atom. The van der Waals surface area contributed by atoms with Crippen molar-refractivity contribution in [1.29, 1.82) is 0 Å². The van der Waals surface area contributed by atoms with Crippen LogP contribution >= 0.6 is 0 Å². The van der Waals surface area contributed by atoms with Crippen LogP contribution in [0.2, 0.25) is 0 Å². The lowest BCUT2D eigenvalue weighted by Crippen LogP contribution is -2.44. The lowest BCUT2D eigenvalue weighted by Gasteiger charge is -2.40. The highest BCUT2D eigenvalue weighted by molar-refractivity contribution is 6.04. The summed E-state index contributed by atoms with van der Waals surface area (Å²) in [7, 11) is 0. The zero-order chi connectivity index (χ0) is 14.1. The van der Waals surface area contributed by atoms with E-state index in [0.717, 1.165) is 16.0 Å². The number of piperazine rings is 1. The molecule has 1 saturated heterocycles. The summed E-state index contributed by atoms with van der Waals surface area (Å²) in [4.78, 5) is 17.6. The highest BCUT2D eigenvalue weighted by atomic mass is 16.5. The number of fused-ring (bicyclic) bond motifs is 1. The molecule has 2 aromatic rings. The molecule has 6 heteroatoms. The zero-order valence-corrected chi connectivity index (χ0v) is 10.8. The van der Waals surface area contributed by atoms with Crippen LogP contribution in [0.15, 0.2) is 30.5 Å². The van der Waals surface area contributed by atoms with Gasteiger partial charge in [0.1, 0.15) is 5.56 Å². The number of pyridine rings is 1. The number of anilines is 1. The molecule has 1 fully saturated rings. The molecule has 0 unspecified atom stereocenters. The number of hydrogen-bond acceptors (Lipinski definition) is 5. The second-order valence-corrected chi connectivity index (χ2v) is 4.76. The molecule has 1 aliphatic heterocycles. The summed E-state index contributed by atoms with van der Waals surface area (Å²) in [5, 5.41) is 22.5. The number of hydrogen-bond donors (Lipinski definition) is 1. The standard InChI is InChI=1S/C14H14N3O3/c18-14(19)11-9-15-12-4-2-1-3-10(12)13(11)16-5-7-17(20)8-6-16/h1-4,9H,5-8H2,(H,18,19)/q-1. The van der Waals surface area contributed by atoms with Gasteiger partial charge in [-0.05, 0) is 6.07 Å². The van der Waals surface area contributed by atoms with Crippen molar-refractivity contribution >= 4 is 22.6 Å². The van der Waals surface area contributed by atoms with Crippen LogP contribution in [-0.4, -0.2) is 47.3 Å². The molecule has 1 N–H and O–H groups in total. The molecule has 1 aromatic carbocycles. The minimum absolute atomic E-state index is 0.183. The zero-order valence-electron chi connectivity index (χ0n) is 10.8. The van der Waals surface area contributed by atoms with E-state index in [1.807, 2.05) is 29.2 Å². The Morgan fingerprint density at radius 1 is 1.20 bits per heavy atom. The minimum Gasteiger partial charge on any atom is -0.785 e. The molecule has 2 heterocycles. The highest BCUT2D eigenvalue weighted by Crippen LogP contribution is 2.30. The van der Waals surface area contributed by atoms with Crippen LogP contribution in [0.25, 0.3) is 10.9 Å². The average molecular weight is 272 g/mol. The number of rotatable bonds is 2. The maximum Gasteiger partial charge on any atom is 0.339 e. The Bertz CT molecular complexity index is 651. The SMILES string of the molecule is O=C(O)c1cnc2ccccc2c1N1CCN([O-])CC1. The van der Waals surface area contributed by atoms with E-state index in [1.54, 1.807) is 0 Å². The third-order valence-electron chi connectivity index (χ3n) is 3.53. The van der Waals surface area contributed by atoms with E-state index >= 15 is 0 Å². The fraction of sp³-hybridized carbons (Fsp3) is 0.286. The van der Waals surface area contributed by atoms with Crippen molar-refractivity contribution in [3.8, 4) is 0 Å². The van der Waals surface area contributed by atoms with Gasteiger partial charge in [0.15, 0.2) is 0 Å². The molecule has 0 spiro atoms. The Hall–Kier alpha value is -2.18. The Kier molecular flexibility index (Phi) is 3.25. The van der Waals surface area contributed by atoms with E-state index in [0.29, 0.717) is 31.9 Å². The molecular weight excluding hydrogens is 258 g/mol. The van der Waals surface area contributed by atoms with Gasteiger partial charge in [-0.25, -0.2) is 4.79 Å². The number of hydroxylamine groups is 2. The largest absolute Gasteiger partial charge is 0.785 e. The summed E-state index contributed by atoms with van der Waals surface area (Å²) in [6.07, 6.45) is 1.39. The summed E-state index contributed by atoms with van der Waals surface area (Å²) < 4.78 is 0. The minimum atomic E-state index is -0.997. The number of carbonyl (C=O) groups is 1. The van der Waals surface area contributed by atoms with Crippen molar-refractivity contribution < 1.29 is 9.90 Å². The van der Waals surface area contributed by atoms with Crippen LogP contribution in [0.4, 0.5) is 5.69 Å². The van der Waals surface area contributed by atoms with Gasteiger partial charge in [0.25, 0.3) is 0 Å². The summed E-state index contributed by atoms with van der Waals surface area (Å²) in [5.74, 6) is -0.997. The van der Waals surface area contributed by atoms with Crippen LogP contribution < -0.4 is 4.90 Å². The number of carboxylic acid groups (broad SMARTS) is 1. The van der Waals surface area contributed by atoms with Crippen molar-refractivity contribution in [3.63, 3.8) is 0 Å². The number of benzene rings is 1. The Labute approximate surface area is 115 Å². The van der Waals surface area contributed by atoms with Crippen molar-refractivity contribution in [2.75, 3.05) is 31.1 Å². The molecule has 1 aliphatic rings. The van der Waals surface area contributed by atoms with Gasteiger partial charge in [-0.1, -0.05) is 18.2 Å². The van der Waals surface area contributed by atoms with E-state index in [9.17, 15) is 15.1 Å². The second-order valence-electron chi connectivity index (χ2n) is 4.76. The van der Waals surface area contributed by atoms with Crippen molar-refractivity contribution in [2.45, 2.75) is 0 Å². The van der Waals surface area contributed by atoms with Crippen molar-refractivity contribution in [2.24, 2.45) is 0 Å². The predicted octanol–water partition coefficient (Wildman–Crippen LogP) is 1.55. The van der Waals surface area contributed by atoms with Crippen LogP contribution in [0, 0.1) is 5.21 Å². The third-order valence-corrected chi connectivity index (χ3v) is 3.53. The monoisotopic (exact) mass is 272 g/mol. The fourth-order valence-electron chi connectivity index (χ4n) is 2.54. The number of carboxylic acids is 1. The Morgan fingerprint density at radius 2 is 1.90 bits per heavy atom. The first-order valence-electron chi connectivity index (χ1n) is 6.45. The summed E-state index contributed by atoms with van der Waals surface area (Å²) >= 11 is 0. The summed E-state index contributed by atoms with van der Waals surface area (Å²) in [6, 6.07) is 7.46. The molecule has 104 valence electrons. The molecule has 1 aromatic heterocycles. The number of nitrogens with zero attached hydrogens (tertiary/aromatic N) is 3. The van der Waals surface area contributed by atoms with E-state index in [4.69, 9.17) is 0 Å². The van der Waals surface area contributed by atoms with Crippen molar-refractivity contribution in [1.82, 2.24) is 10.0 Å². The highest BCUT2D eigenvalue weighted by Gasteiger charge is 2.21. The molecule has 0 bridgehead atoms. The van der Waals surface area contributed by atoms with Gasteiger partial charge in [0, 0.05) is 37.8 Å². The molecule has 0 amide bonds. The van der Waals surface area contributed by atoms with E-state index in [-0.39, 0.29) is 5.56 Å². The molecule has 0 radical (unpaired) electrons. The van der Waals surface area contributed by atoms with Gasteiger partial charge in [-0.15, -0.1) is 0 Å². The summed E-state index contributed by atoms with van der Waals surface area (Å²) in [6.45, 7) is 1.82. The van der Waals surface area contributed by atoms with E-state index in [2.05, 4.69) is 4.98 Å². The normalized spacial score (nSPS) is 16.6. The molecule has 20 heavy (non-hydrogen) atoms. The van der Waals surface area contributed by atoms with Crippen LogP contribution in [0.1, 0.15) is 10.4 Å². The lowest BCUT2D eigenvalue weighted by atomic mass is 10.1. The van der Waals surface area contributed by atoms with Crippen molar-refractivity contribution in [3.05, 3.63) is 41.2 Å². The molecule has 0 saturated carbocycles. The number of para-hydroxylation sites is 1. The maximum atomic E-state index is 11.4. The van der Waals surface area contributed by atoms with E-state index in [1.165, 1.54) is 6.20 Å². The fourth-order valence-corrected chi connectivity index (χ4v) is 2.54. The molecule has 3 rings (SSSR count). The van der Waals surface area contributed by atoms with E-state index < -0.39 is 5.97 Å². The molecule has 0 aliphatic carbocycles. The quantitative estimate of drug-likeness (QED) is 0.893. The maximum absolute atomic E-state index is 11.4.